The Morgan fingerprint density at radius 1 is 0.833 bits per heavy atom. The van der Waals surface area contributed by atoms with Crippen LogP contribution in [0.3, 0.4) is 0 Å². The predicted molar refractivity (Wildman–Crippen MR) is 122 cm³/mol. The lowest BCUT2D eigenvalue weighted by Crippen LogP contribution is -2.22. The van der Waals surface area contributed by atoms with E-state index in [1.807, 2.05) is 42.5 Å². The van der Waals surface area contributed by atoms with Gasteiger partial charge in [0.05, 0.1) is 30.0 Å². The standard InChI is InChI=1S/C23H22N2O4S/c1-3-28-21(26)16-12-13-18(22(27)29-4-2)20(14-16)25-23(30)24-19-11-7-9-15-8-5-6-10-17(15)19/h5-14H,3-4H2,1-2H3,(H2,24,25,30). The summed E-state index contributed by atoms with van der Waals surface area (Å²) in [6, 6.07) is 18.4. The third kappa shape index (κ3) is 4.93. The van der Waals surface area contributed by atoms with Crippen LogP contribution in [-0.4, -0.2) is 30.3 Å². The van der Waals surface area contributed by atoms with Crippen LogP contribution < -0.4 is 10.6 Å². The van der Waals surface area contributed by atoms with E-state index in [-0.39, 0.29) is 23.9 Å². The van der Waals surface area contributed by atoms with E-state index < -0.39 is 11.9 Å². The van der Waals surface area contributed by atoms with E-state index in [0.29, 0.717) is 11.3 Å². The molecular weight excluding hydrogens is 400 g/mol. The van der Waals surface area contributed by atoms with E-state index in [2.05, 4.69) is 10.6 Å². The van der Waals surface area contributed by atoms with Crippen molar-refractivity contribution in [1.82, 2.24) is 0 Å². The van der Waals surface area contributed by atoms with Gasteiger partial charge in [-0.25, -0.2) is 9.59 Å². The Morgan fingerprint density at radius 2 is 1.50 bits per heavy atom. The number of carbonyl (C=O) groups is 2. The van der Waals surface area contributed by atoms with Gasteiger partial charge in [-0.3, -0.25) is 0 Å². The number of nitrogens with one attached hydrogen (secondary N) is 2. The summed E-state index contributed by atoms with van der Waals surface area (Å²) < 4.78 is 10.2. The van der Waals surface area contributed by atoms with Gasteiger partial charge in [0.2, 0.25) is 0 Å². The van der Waals surface area contributed by atoms with Gasteiger partial charge in [-0.1, -0.05) is 36.4 Å². The molecule has 0 unspecified atom stereocenters. The van der Waals surface area contributed by atoms with Crippen molar-refractivity contribution in [2.24, 2.45) is 0 Å². The molecule has 0 fully saturated rings. The molecule has 3 aromatic rings. The molecule has 0 heterocycles. The van der Waals surface area contributed by atoms with E-state index in [0.717, 1.165) is 16.5 Å². The largest absolute Gasteiger partial charge is 0.462 e. The first kappa shape index (κ1) is 21.3. The smallest absolute Gasteiger partial charge is 0.340 e. The maximum absolute atomic E-state index is 12.3. The summed E-state index contributed by atoms with van der Waals surface area (Å²) in [5.74, 6) is -0.993. The average molecular weight is 423 g/mol. The summed E-state index contributed by atoms with van der Waals surface area (Å²) in [5.41, 5.74) is 1.76. The van der Waals surface area contributed by atoms with Crippen molar-refractivity contribution in [3.05, 3.63) is 71.8 Å². The molecule has 0 amide bonds. The first-order valence-corrected chi connectivity index (χ1v) is 9.98. The monoisotopic (exact) mass is 422 g/mol. The summed E-state index contributed by atoms with van der Waals surface area (Å²) >= 11 is 5.46. The molecule has 0 aromatic heterocycles. The summed E-state index contributed by atoms with van der Waals surface area (Å²) in [7, 11) is 0. The maximum atomic E-state index is 12.3. The fourth-order valence-electron chi connectivity index (χ4n) is 2.99. The van der Waals surface area contributed by atoms with E-state index >= 15 is 0 Å². The highest BCUT2D eigenvalue weighted by Gasteiger charge is 2.17. The molecule has 154 valence electrons. The second-order valence-electron chi connectivity index (χ2n) is 6.31. The zero-order valence-electron chi connectivity index (χ0n) is 16.7. The average Bonchev–Trinajstić information content (AvgIpc) is 2.74. The van der Waals surface area contributed by atoms with Crippen LogP contribution in [-0.2, 0) is 9.47 Å². The highest BCUT2D eigenvalue weighted by Crippen LogP contribution is 2.24. The van der Waals surface area contributed by atoms with Crippen molar-refractivity contribution in [2.75, 3.05) is 23.8 Å². The summed E-state index contributed by atoms with van der Waals surface area (Å²) in [6.45, 7) is 3.94. The molecule has 2 N–H and O–H groups in total. The minimum atomic E-state index is -0.511. The molecule has 3 rings (SSSR count). The van der Waals surface area contributed by atoms with Gasteiger partial charge in [-0.15, -0.1) is 0 Å². The first-order valence-electron chi connectivity index (χ1n) is 9.57. The van der Waals surface area contributed by atoms with Gasteiger partial charge in [0, 0.05) is 11.1 Å². The molecule has 6 nitrogen and oxygen atoms in total. The number of esters is 2. The molecule has 0 saturated heterocycles. The SMILES string of the molecule is CCOC(=O)c1ccc(C(=O)OCC)c(NC(=S)Nc2cccc3ccccc23)c1. The van der Waals surface area contributed by atoms with Crippen LogP contribution in [0.5, 0.6) is 0 Å². The van der Waals surface area contributed by atoms with Gasteiger partial charge in [-0.2, -0.15) is 0 Å². The fraction of sp³-hybridized carbons (Fsp3) is 0.174. The van der Waals surface area contributed by atoms with Crippen molar-refractivity contribution in [3.8, 4) is 0 Å². The normalized spacial score (nSPS) is 10.3. The lowest BCUT2D eigenvalue weighted by molar-refractivity contribution is 0.0512. The molecule has 0 saturated carbocycles. The molecule has 7 heteroatoms. The van der Waals surface area contributed by atoms with E-state index in [1.165, 1.54) is 18.2 Å². The van der Waals surface area contributed by atoms with Crippen LogP contribution in [0.15, 0.2) is 60.7 Å². The summed E-state index contributed by atoms with van der Waals surface area (Å²) in [5, 5.41) is 8.53. The van der Waals surface area contributed by atoms with Crippen LogP contribution in [0.1, 0.15) is 34.6 Å². The number of hydrogen-bond acceptors (Lipinski definition) is 5. The quantitative estimate of drug-likeness (QED) is 0.427. The molecular formula is C23H22N2O4S. The van der Waals surface area contributed by atoms with E-state index in [1.54, 1.807) is 13.8 Å². The Kier molecular flexibility index (Phi) is 6.98. The third-order valence-corrected chi connectivity index (χ3v) is 4.52. The molecule has 0 aliphatic heterocycles. The number of thiocarbonyl (C=S) groups is 1. The topological polar surface area (TPSA) is 76.7 Å². The second-order valence-corrected chi connectivity index (χ2v) is 6.72. The molecule has 0 bridgehead atoms. The van der Waals surface area contributed by atoms with E-state index in [4.69, 9.17) is 21.7 Å². The Balaban J connectivity index is 1.88. The Hall–Kier alpha value is -3.45. The predicted octanol–water partition coefficient (Wildman–Crippen LogP) is 5.00. The lowest BCUT2D eigenvalue weighted by Gasteiger charge is -2.16. The number of hydrogen-bond donors (Lipinski definition) is 2. The number of fused-ring (bicyclic) bond motifs is 1. The highest BCUT2D eigenvalue weighted by molar-refractivity contribution is 7.80. The first-order chi connectivity index (χ1) is 14.5. The van der Waals surface area contributed by atoms with Crippen LogP contribution in [0.2, 0.25) is 0 Å². The summed E-state index contributed by atoms with van der Waals surface area (Å²) in [6.07, 6.45) is 0. The number of anilines is 2. The van der Waals surface area contributed by atoms with Crippen LogP contribution >= 0.6 is 12.2 Å². The minimum absolute atomic E-state index is 0.233. The molecule has 0 aliphatic carbocycles. The molecule has 0 atom stereocenters. The Morgan fingerprint density at radius 3 is 2.27 bits per heavy atom. The maximum Gasteiger partial charge on any atom is 0.340 e. The minimum Gasteiger partial charge on any atom is -0.462 e. The fourth-order valence-corrected chi connectivity index (χ4v) is 3.21. The highest BCUT2D eigenvalue weighted by atomic mass is 32.1. The Bertz CT molecular complexity index is 1090. The van der Waals surface area contributed by atoms with Crippen molar-refractivity contribution < 1.29 is 19.1 Å². The van der Waals surface area contributed by atoms with Gasteiger partial charge in [0.25, 0.3) is 0 Å². The summed E-state index contributed by atoms with van der Waals surface area (Å²) in [4.78, 5) is 24.5. The van der Waals surface area contributed by atoms with Crippen molar-refractivity contribution in [1.29, 1.82) is 0 Å². The Labute approximate surface area is 180 Å². The second kappa shape index (κ2) is 9.84. The molecule has 3 aromatic carbocycles. The molecule has 30 heavy (non-hydrogen) atoms. The van der Waals surface area contributed by atoms with Crippen molar-refractivity contribution in [2.45, 2.75) is 13.8 Å². The number of rotatable bonds is 6. The molecule has 0 spiro atoms. The van der Waals surface area contributed by atoms with Gasteiger partial charge in [-0.05, 0) is 55.7 Å². The van der Waals surface area contributed by atoms with Gasteiger partial charge < -0.3 is 20.1 Å². The third-order valence-electron chi connectivity index (χ3n) is 4.31. The van der Waals surface area contributed by atoms with Crippen LogP contribution in [0.25, 0.3) is 10.8 Å². The molecule has 0 aliphatic rings. The van der Waals surface area contributed by atoms with Crippen molar-refractivity contribution in [3.63, 3.8) is 0 Å². The van der Waals surface area contributed by atoms with E-state index in [9.17, 15) is 9.59 Å². The number of ether oxygens (including phenoxy) is 2. The van der Waals surface area contributed by atoms with Gasteiger partial charge >= 0.3 is 11.9 Å². The number of carbonyl (C=O) groups excluding carboxylic acids is 2. The van der Waals surface area contributed by atoms with Gasteiger partial charge in [0.15, 0.2) is 5.11 Å². The van der Waals surface area contributed by atoms with Crippen molar-refractivity contribution >= 4 is 51.4 Å². The zero-order chi connectivity index (χ0) is 21.5. The number of benzene rings is 3. The van der Waals surface area contributed by atoms with Crippen LogP contribution in [0, 0.1) is 0 Å². The zero-order valence-corrected chi connectivity index (χ0v) is 17.5. The lowest BCUT2D eigenvalue weighted by atomic mass is 10.1. The van der Waals surface area contributed by atoms with Gasteiger partial charge in [0.1, 0.15) is 0 Å². The van der Waals surface area contributed by atoms with Crippen LogP contribution in [0.4, 0.5) is 11.4 Å². The molecule has 0 radical (unpaired) electrons.